The van der Waals surface area contributed by atoms with Crippen LogP contribution in [0.15, 0.2) is 47.5 Å². The average Bonchev–Trinajstić information content (AvgIpc) is 3.57. The van der Waals surface area contributed by atoms with Crippen LogP contribution in [0, 0.1) is 0 Å². The molecular weight excluding hydrogens is 457 g/mol. The summed E-state index contributed by atoms with van der Waals surface area (Å²) >= 11 is -0.235. The molecule has 2 aromatic rings. The average molecular weight is 478 g/mol. The van der Waals surface area contributed by atoms with Gasteiger partial charge in [0.1, 0.15) is 11.4 Å². The van der Waals surface area contributed by atoms with Gasteiger partial charge >= 0.3 is 11.5 Å². The molecule has 3 fully saturated rings. The zero-order valence-electron chi connectivity index (χ0n) is 17.5. The van der Waals surface area contributed by atoms with Gasteiger partial charge in [0.2, 0.25) is 0 Å². The number of aromatic nitrogens is 1. The first kappa shape index (κ1) is 22.0. The Hall–Kier alpha value is -2.79. The number of carbonyl (C=O) groups is 2. The van der Waals surface area contributed by atoms with Gasteiger partial charge in [0.05, 0.1) is 18.9 Å². The van der Waals surface area contributed by atoms with Crippen LogP contribution in [-0.4, -0.2) is 59.2 Å². The highest BCUT2D eigenvalue weighted by Crippen LogP contribution is 2.50. The highest BCUT2D eigenvalue weighted by molar-refractivity contribution is 8.00. The number of hydrogen-bond donors (Lipinski definition) is 0. The fourth-order valence-corrected chi connectivity index (χ4v) is 4.81. The lowest BCUT2D eigenvalue weighted by Crippen LogP contribution is -2.37. The van der Waals surface area contributed by atoms with E-state index in [0.29, 0.717) is 26.1 Å². The van der Waals surface area contributed by atoms with Crippen molar-refractivity contribution in [2.75, 3.05) is 36.1 Å². The summed E-state index contributed by atoms with van der Waals surface area (Å²) in [6.07, 6.45) is 2.83. The Kier molecular flexibility index (Phi) is 5.48. The molecule has 1 spiro atoms. The van der Waals surface area contributed by atoms with Crippen LogP contribution >= 0.6 is 11.8 Å². The summed E-state index contributed by atoms with van der Waals surface area (Å²) in [6, 6.07) is 8.59. The van der Waals surface area contributed by atoms with E-state index in [1.807, 2.05) is 12.1 Å². The normalized spacial score (nSPS) is 20.2. The molecule has 3 heterocycles. The number of carbonyl (C=O) groups excluding carboxylic acids is 2. The smallest absolute Gasteiger partial charge is 0.378 e. The zero-order chi connectivity index (χ0) is 23.2. The number of amides is 3. The van der Waals surface area contributed by atoms with Crippen molar-refractivity contribution < 1.29 is 27.5 Å². The van der Waals surface area contributed by atoms with E-state index in [2.05, 4.69) is 9.88 Å². The van der Waals surface area contributed by atoms with Crippen molar-refractivity contribution in [2.24, 2.45) is 0 Å². The zero-order valence-corrected chi connectivity index (χ0v) is 18.4. The first-order valence-corrected chi connectivity index (χ1v) is 11.4. The van der Waals surface area contributed by atoms with E-state index in [1.165, 1.54) is 24.3 Å². The van der Waals surface area contributed by atoms with Crippen molar-refractivity contribution in [1.82, 2.24) is 9.88 Å². The molecule has 174 valence electrons. The fourth-order valence-electron chi connectivity index (χ4n) is 4.27. The summed E-state index contributed by atoms with van der Waals surface area (Å²) < 4.78 is 43.2. The Labute approximate surface area is 192 Å². The number of urea groups is 1. The first-order chi connectivity index (χ1) is 15.8. The van der Waals surface area contributed by atoms with E-state index in [1.54, 1.807) is 11.1 Å². The van der Waals surface area contributed by atoms with Crippen LogP contribution in [0.5, 0.6) is 0 Å². The van der Waals surface area contributed by atoms with Gasteiger partial charge in [0.25, 0.3) is 5.91 Å². The van der Waals surface area contributed by atoms with Crippen LogP contribution in [0.3, 0.4) is 0 Å². The van der Waals surface area contributed by atoms with Gasteiger partial charge < -0.3 is 14.5 Å². The number of halogens is 3. The molecular formula is C22H21F3N4O3S. The van der Waals surface area contributed by atoms with Gasteiger partial charge in [0.15, 0.2) is 0 Å². The molecule has 7 nitrogen and oxygen atoms in total. The SMILES string of the molecule is O=C1N(c2ccc(SC(F)(F)F)cc2)C(=O)C2(CC2)N1Cc1ccnc(N2CCOCC2)c1. The molecule has 1 aromatic heterocycles. The number of ether oxygens (including phenoxy) is 1. The Morgan fingerprint density at radius 3 is 2.39 bits per heavy atom. The number of alkyl halides is 3. The predicted molar refractivity (Wildman–Crippen MR) is 116 cm³/mol. The molecule has 0 unspecified atom stereocenters. The lowest BCUT2D eigenvalue weighted by Gasteiger charge is -2.28. The van der Waals surface area contributed by atoms with Gasteiger partial charge in [-0.3, -0.25) is 4.79 Å². The Balaban J connectivity index is 1.36. The number of anilines is 2. The van der Waals surface area contributed by atoms with Crippen LogP contribution in [-0.2, 0) is 16.1 Å². The van der Waals surface area contributed by atoms with E-state index in [4.69, 9.17) is 4.74 Å². The molecule has 1 aliphatic carbocycles. The summed E-state index contributed by atoms with van der Waals surface area (Å²) in [4.78, 5) is 35.6. The maximum absolute atomic E-state index is 13.3. The number of thioether (sulfide) groups is 1. The molecule has 1 saturated carbocycles. The molecule has 0 bridgehead atoms. The van der Waals surface area contributed by atoms with E-state index < -0.39 is 17.1 Å². The molecule has 0 radical (unpaired) electrons. The lowest BCUT2D eigenvalue weighted by molar-refractivity contribution is -0.120. The van der Waals surface area contributed by atoms with E-state index in [0.717, 1.165) is 29.4 Å². The van der Waals surface area contributed by atoms with Crippen LogP contribution < -0.4 is 9.80 Å². The summed E-state index contributed by atoms with van der Waals surface area (Å²) in [6.45, 7) is 2.98. The maximum Gasteiger partial charge on any atom is 0.446 e. The van der Waals surface area contributed by atoms with Gasteiger partial charge in [-0.2, -0.15) is 13.2 Å². The second kappa shape index (κ2) is 8.21. The van der Waals surface area contributed by atoms with Crippen molar-refractivity contribution in [3.63, 3.8) is 0 Å². The molecule has 33 heavy (non-hydrogen) atoms. The number of imide groups is 1. The minimum Gasteiger partial charge on any atom is -0.378 e. The van der Waals surface area contributed by atoms with Gasteiger partial charge in [-0.15, -0.1) is 0 Å². The lowest BCUT2D eigenvalue weighted by atomic mass is 10.2. The largest absolute Gasteiger partial charge is 0.446 e. The first-order valence-electron chi connectivity index (χ1n) is 10.6. The Morgan fingerprint density at radius 2 is 1.76 bits per heavy atom. The third kappa shape index (κ3) is 4.26. The molecule has 11 heteroatoms. The Bertz CT molecular complexity index is 1070. The number of benzene rings is 1. The van der Waals surface area contributed by atoms with Gasteiger partial charge in [-0.25, -0.2) is 14.7 Å². The standard InChI is InChI=1S/C22H21F3N4O3S/c23-22(24,25)33-17-3-1-16(2-4-17)29-19(30)21(6-7-21)28(20(29)31)14-15-5-8-26-18(13-15)27-9-11-32-12-10-27/h1-5,8,13H,6-7,9-12,14H2. The summed E-state index contributed by atoms with van der Waals surface area (Å²) in [5, 5.41) is 0. The van der Waals surface area contributed by atoms with Crippen molar-refractivity contribution in [2.45, 2.75) is 35.3 Å². The van der Waals surface area contributed by atoms with E-state index >= 15 is 0 Å². The minimum atomic E-state index is -4.40. The molecule has 3 amide bonds. The molecule has 0 atom stereocenters. The molecule has 1 aromatic carbocycles. The second-order valence-electron chi connectivity index (χ2n) is 8.20. The molecule has 5 rings (SSSR count). The maximum atomic E-state index is 13.3. The van der Waals surface area contributed by atoms with Crippen LogP contribution in [0.4, 0.5) is 29.5 Å². The second-order valence-corrected chi connectivity index (χ2v) is 9.34. The van der Waals surface area contributed by atoms with Gasteiger partial charge in [0, 0.05) is 30.7 Å². The van der Waals surface area contributed by atoms with Crippen LogP contribution in [0.2, 0.25) is 0 Å². The molecule has 0 N–H and O–H groups in total. The molecule has 3 aliphatic rings. The molecule has 2 saturated heterocycles. The summed E-state index contributed by atoms with van der Waals surface area (Å²) in [7, 11) is 0. The number of pyridine rings is 1. The number of hydrogen-bond acceptors (Lipinski definition) is 6. The van der Waals surface area contributed by atoms with Crippen molar-refractivity contribution in [1.29, 1.82) is 0 Å². The van der Waals surface area contributed by atoms with Crippen molar-refractivity contribution >= 4 is 35.2 Å². The highest BCUT2D eigenvalue weighted by atomic mass is 32.2. The summed E-state index contributed by atoms with van der Waals surface area (Å²) in [5.41, 5.74) is -4.15. The monoisotopic (exact) mass is 478 g/mol. The van der Waals surface area contributed by atoms with E-state index in [9.17, 15) is 22.8 Å². The minimum absolute atomic E-state index is 0.00392. The van der Waals surface area contributed by atoms with Crippen molar-refractivity contribution in [3.05, 3.63) is 48.2 Å². The van der Waals surface area contributed by atoms with Crippen LogP contribution in [0.1, 0.15) is 18.4 Å². The summed E-state index contributed by atoms with van der Waals surface area (Å²) in [5.74, 6) is 0.472. The third-order valence-electron chi connectivity index (χ3n) is 6.08. The number of rotatable bonds is 5. The topological polar surface area (TPSA) is 66.0 Å². The fraction of sp³-hybridized carbons (Fsp3) is 0.409. The number of morpholine rings is 1. The Morgan fingerprint density at radius 1 is 1.06 bits per heavy atom. The molecule has 2 aliphatic heterocycles. The van der Waals surface area contributed by atoms with E-state index in [-0.39, 0.29) is 34.8 Å². The predicted octanol–water partition coefficient (Wildman–Crippen LogP) is 4.03. The van der Waals surface area contributed by atoms with Crippen molar-refractivity contribution in [3.8, 4) is 0 Å². The van der Waals surface area contributed by atoms with Crippen LogP contribution in [0.25, 0.3) is 0 Å². The number of nitrogens with zero attached hydrogens (tertiary/aromatic N) is 4. The van der Waals surface area contributed by atoms with Gasteiger partial charge in [-0.1, -0.05) is 0 Å². The van der Waals surface area contributed by atoms with Gasteiger partial charge in [-0.05, 0) is 66.6 Å². The third-order valence-corrected chi connectivity index (χ3v) is 6.82. The quantitative estimate of drug-likeness (QED) is 0.478. The highest BCUT2D eigenvalue weighted by Gasteiger charge is 2.65.